The molecule has 1 unspecified atom stereocenters. The van der Waals surface area contributed by atoms with Crippen molar-refractivity contribution in [1.82, 2.24) is 5.32 Å². The Kier molecular flexibility index (Phi) is 6.78. The highest BCUT2D eigenvalue weighted by Gasteiger charge is 2.23. The van der Waals surface area contributed by atoms with E-state index < -0.39 is 33.6 Å². The van der Waals surface area contributed by atoms with Crippen LogP contribution in [0.4, 0.5) is 14.5 Å². The van der Waals surface area contributed by atoms with Crippen molar-refractivity contribution in [1.29, 1.82) is 0 Å². The Morgan fingerprint density at radius 1 is 1.00 bits per heavy atom. The zero-order valence-corrected chi connectivity index (χ0v) is 18.5. The van der Waals surface area contributed by atoms with Gasteiger partial charge in [0.05, 0.1) is 13.2 Å². The quantitative estimate of drug-likeness (QED) is 0.541. The van der Waals surface area contributed by atoms with Crippen molar-refractivity contribution in [3.8, 4) is 5.75 Å². The molecule has 0 aliphatic rings. The van der Waals surface area contributed by atoms with E-state index in [-0.39, 0.29) is 21.8 Å². The van der Waals surface area contributed by atoms with Crippen LogP contribution in [0.2, 0.25) is 0 Å². The van der Waals surface area contributed by atoms with Gasteiger partial charge in [-0.2, -0.15) is 0 Å². The lowest BCUT2D eigenvalue weighted by Gasteiger charge is -2.17. The average molecular weight is 461 g/mol. The summed E-state index contributed by atoms with van der Waals surface area (Å²) < 4.78 is 61.0. The van der Waals surface area contributed by atoms with Crippen LogP contribution in [-0.2, 0) is 10.0 Å². The monoisotopic (exact) mass is 460 g/mol. The molecule has 3 aromatic carbocycles. The molecule has 3 rings (SSSR count). The van der Waals surface area contributed by atoms with E-state index in [0.29, 0.717) is 5.69 Å². The van der Waals surface area contributed by atoms with E-state index in [1.165, 1.54) is 32.2 Å². The first-order valence-corrected chi connectivity index (χ1v) is 11.1. The van der Waals surface area contributed by atoms with Crippen LogP contribution in [0.5, 0.6) is 5.75 Å². The van der Waals surface area contributed by atoms with Crippen molar-refractivity contribution in [2.75, 3.05) is 11.8 Å². The standard InChI is InChI=1S/C23H22F2N2O4S/c1-14-4-8-18(9-5-14)27-32(29,30)22-12-16(6-11-21(22)31-3)23(28)26-15(2)19-13-17(24)7-10-20(19)25/h4-13,15,27H,1-3H3,(H,26,28). The zero-order valence-electron chi connectivity index (χ0n) is 17.6. The van der Waals surface area contributed by atoms with Crippen molar-refractivity contribution in [2.45, 2.75) is 24.8 Å². The van der Waals surface area contributed by atoms with Crippen LogP contribution in [0.3, 0.4) is 0 Å². The molecule has 9 heteroatoms. The number of hydrogen-bond acceptors (Lipinski definition) is 4. The van der Waals surface area contributed by atoms with Crippen molar-refractivity contribution in [3.63, 3.8) is 0 Å². The molecule has 0 aromatic heterocycles. The highest BCUT2D eigenvalue weighted by atomic mass is 32.2. The Morgan fingerprint density at radius 2 is 1.69 bits per heavy atom. The van der Waals surface area contributed by atoms with E-state index in [9.17, 15) is 22.0 Å². The molecule has 0 fully saturated rings. The Morgan fingerprint density at radius 3 is 2.34 bits per heavy atom. The molecule has 32 heavy (non-hydrogen) atoms. The maximum atomic E-state index is 14.0. The molecule has 1 atom stereocenters. The molecule has 1 amide bonds. The smallest absolute Gasteiger partial charge is 0.265 e. The van der Waals surface area contributed by atoms with Crippen LogP contribution in [0.1, 0.15) is 34.5 Å². The maximum Gasteiger partial charge on any atom is 0.265 e. The minimum Gasteiger partial charge on any atom is -0.495 e. The Bertz CT molecular complexity index is 1250. The summed E-state index contributed by atoms with van der Waals surface area (Å²) in [5, 5.41) is 2.55. The SMILES string of the molecule is COc1ccc(C(=O)NC(C)c2cc(F)ccc2F)cc1S(=O)(=O)Nc1ccc(C)cc1. The van der Waals surface area contributed by atoms with Gasteiger partial charge < -0.3 is 10.1 Å². The summed E-state index contributed by atoms with van der Waals surface area (Å²) in [5.74, 6) is -1.91. The van der Waals surface area contributed by atoms with E-state index in [1.54, 1.807) is 24.3 Å². The number of carbonyl (C=O) groups is 1. The number of methoxy groups -OCH3 is 1. The summed E-state index contributed by atoms with van der Waals surface area (Å²) in [6, 6.07) is 12.7. The topological polar surface area (TPSA) is 84.5 Å². The number of benzene rings is 3. The summed E-state index contributed by atoms with van der Waals surface area (Å²) in [4.78, 5) is 12.5. The van der Waals surface area contributed by atoms with Crippen molar-refractivity contribution >= 4 is 21.6 Å². The molecular formula is C23H22F2N2O4S. The highest BCUT2D eigenvalue weighted by Crippen LogP contribution is 2.28. The van der Waals surface area contributed by atoms with Crippen LogP contribution in [0, 0.1) is 18.6 Å². The Hall–Kier alpha value is -3.46. The van der Waals surface area contributed by atoms with E-state index in [2.05, 4.69) is 10.0 Å². The third-order valence-electron chi connectivity index (χ3n) is 4.79. The van der Waals surface area contributed by atoms with E-state index in [1.807, 2.05) is 6.92 Å². The van der Waals surface area contributed by atoms with Crippen LogP contribution >= 0.6 is 0 Å². The number of aryl methyl sites for hydroxylation is 1. The molecular weight excluding hydrogens is 438 g/mol. The van der Waals surface area contributed by atoms with Crippen LogP contribution < -0.4 is 14.8 Å². The highest BCUT2D eigenvalue weighted by molar-refractivity contribution is 7.92. The number of rotatable bonds is 7. The summed E-state index contributed by atoms with van der Waals surface area (Å²) in [7, 11) is -2.77. The fourth-order valence-corrected chi connectivity index (χ4v) is 4.32. The molecule has 168 valence electrons. The average Bonchev–Trinajstić information content (AvgIpc) is 2.76. The fourth-order valence-electron chi connectivity index (χ4n) is 3.06. The molecule has 0 bridgehead atoms. The van der Waals surface area contributed by atoms with Gasteiger partial charge in [0.1, 0.15) is 22.3 Å². The van der Waals surface area contributed by atoms with Gasteiger partial charge in [0.15, 0.2) is 0 Å². The molecule has 3 aromatic rings. The second kappa shape index (κ2) is 9.35. The second-order valence-corrected chi connectivity index (χ2v) is 8.85. The first-order valence-electron chi connectivity index (χ1n) is 9.64. The first-order chi connectivity index (χ1) is 15.1. The minimum absolute atomic E-state index is 0.0127. The van der Waals surface area contributed by atoms with Gasteiger partial charge in [0.2, 0.25) is 0 Å². The lowest BCUT2D eigenvalue weighted by molar-refractivity contribution is 0.0939. The van der Waals surface area contributed by atoms with Crippen LogP contribution in [0.15, 0.2) is 65.6 Å². The van der Waals surface area contributed by atoms with Gasteiger partial charge in [0.25, 0.3) is 15.9 Å². The molecule has 0 heterocycles. The number of amides is 1. The maximum absolute atomic E-state index is 14.0. The second-order valence-electron chi connectivity index (χ2n) is 7.20. The van der Waals surface area contributed by atoms with Gasteiger partial charge in [-0.1, -0.05) is 17.7 Å². The lowest BCUT2D eigenvalue weighted by Crippen LogP contribution is -2.27. The third-order valence-corrected chi connectivity index (χ3v) is 6.19. The minimum atomic E-state index is -4.08. The largest absolute Gasteiger partial charge is 0.495 e. The Labute approximate surface area is 185 Å². The normalized spacial score (nSPS) is 12.2. The third kappa shape index (κ3) is 5.23. The summed E-state index contributed by atoms with van der Waals surface area (Å²) in [6.45, 7) is 3.37. The predicted octanol–water partition coefficient (Wildman–Crippen LogP) is 4.57. The zero-order chi connectivity index (χ0) is 23.5. The lowest BCUT2D eigenvalue weighted by atomic mass is 10.1. The van der Waals surface area contributed by atoms with Crippen molar-refractivity contribution in [2.24, 2.45) is 0 Å². The van der Waals surface area contributed by atoms with Gasteiger partial charge in [0, 0.05) is 16.8 Å². The summed E-state index contributed by atoms with van der Waals surface area (Å²) >= 11 is 0. The van der Waals surface area contributed by atoms with Gasteiger partial charge in [-0.25, -0.2) is 17.2 Å². The molecule has 2 N–H and O–H groups in total. The van der Waals surface area contributed by atoms with Gasteiger partial charge in [-0.15, -0.1) is 0 Å². The Balaban J connectivity index is 1.88. The summed E-state index contributed by atoms with van der Waals surface area (Å²) in [6.07, 6.45) is 0. The summed E-state index contributed by atoms with van der Waals surface area (Å²) in [5.41, 5.74) is 1.30. The number of nitrogens with one attached hydrogen (secondary N) is 2. The van der Waals surface area contributed by atoms with Crippen LogP contribution in [-0.4, -0.2) is 21.4 Å². The number of carbonyl (C=O) groups excluding carboxylic acids is 1. The molecule has 0 radical (unpaired) electrons. The first kappa shape index (κ1) is 23.2. The molecule has 6 nitrogen and oxygen atoms in total. The number of anilines is 1. The number of sulfonamides is 1. The number of hydrogen-bond donors (Lipinski definition) is 2. The van der Waals surface area contributed by atoms with Crippen LogP contribution in [0.25, 0.3) is 0 Å². The molecule has 0 saturated carbocycles. The molecule has 0 aliphatic heterocycles. The van der Waals surface area contributed by atoms with Crippen molar-refractivity contribution < 1.29 is 26.7 Å². The number of ether oxygens (including phenoxy) is 1. The predicted molar refractivity (Wildman–Crippen MR) is 117 cm³/mol. The van der Waals surface area contributed by atoms with E-state index in [0.717, 1.165) is 23.8 Å². The van der Waals surface area contributed by atoms with Gasteiger partial charge in [-0.3, -0.25) is 9.52 Å². The van der Waals surface area contributed by atoms with E-state index in [4.69, 9.17) is 4.74 Å². The van der Waals surface area contributed by atoms with E-state index >= 15 is 0 Å². The van der Waals surface area contributed by atoms with Crippen molar-refractivity contribution in [3.05, 3.63) is 89.0 Å². The molecule has 0 aliphatic carbocycles. The molecule has 0 spiro atoms. The van der Waals surface area contributed by atoms with Gasteiger partial charge in [-0.05, 0) is 62.4 Å². The van der Waals surface area contributed by atoms with Gasteiger partial charge >= 0.3 is 0 Å². The molecule has 0 saturated heterocycles. The fraction of sp³-hybridized carbons (Fsp3) is 0.174. The number of halogens is 2.